The van der Waals surface area contributed by atoms with Crippen LogP contribution in [0.2, 0.25) is 0 Å². The number of piperidine rings is 1. The van der Waals surface area contributed by atoms with Crippen molar-refractivity contribution in [3.8, 4) is 0 Å². The Balaban J connectivity index is 1.60. The summed E-state index contributed by atoms with van der Waals surface area (Å²) >= 11 is 1.66. The van der Waals surface area contributed by atoms with E-state index in [9.17, 15) is 9.59 Å². The van der Waals surface area contributed by atoms with E-state index in [1.54, 1.807) is 11.3 Å². The first-order chi connectivity index (χ1) is 13.0. The predicted molar refractivity (Wildman–Crippen MR) is 110 cm³/mol. The molecule has 1 unspecified atom stereocenters. The van der Waals surface area contributed by atoms with Crippen LogP contribution in [0.4, 0.5) is 5.69 Å². The Hall–Kier alpha value is -2.18. The molecule has 5 nitrogen and oxygen atoms in total. The van der Waals surface area contributed by atoms with Gasteiger partial charge in [-0.2, -0.15) is 11.3 Å². The zero-order chi connectivity index (χ0) is 19.2. The van der Waals surface area contributed by atoms with Crippen LogP contribution >= 0.6 is 11.3 Å². The van der Waals surface area contributed by atoms with Crippen molar-refractivity contribution in [2.75, 3.05) is 25.0 Å². The monoisotopic (exact) mass is 385 g/mol. The molecule has 0 saturated carbocycles. The lowest BCUT2D eigenvalue weighted by Crippen LogP contribution is -2.43. The topological polar surface area (TPSA) is 61.4 Å². The second-order valence-electron chi connectivity index (χ2n) is 7.15. The van der Waals surface area contributed by atoms with Crippen LogP contribution in [0, 0.1) is 13.8 Å². The van der Waals surface area contributed by atoms with Gasteiger partial charge in [0.15, 0.2) is 0 Å². The number of rotatable bonds is 5. The Labute approximate surface area is 164 Å². The zero-order valence-electron chi connectivity index (χ0n) is 16.0. The first-order valence-corrected chi connectivity index (χ1v) is 10.4. The molecule has 0 spiro atoms. The first kappa shape index (κ1) is 19.6. The summed E-state index contributed by atoms with van der Waals surface area (Å²) in [5.41, 5.74) is 3.94. The van der Waals surface area contributed by atoms with Gasteiger partial charge in [-0.3, -0.25) is 14.5 Å². The van der Waals surface area contributed by atoms with Crippen molar-refractivity contribution in [1.82, 2.24) is 10.2 Å². The Morgan fingerprint density at radius 1 is 1.11 bits per heavy atom. The van der Waals surface area contributed by atoms with Gasteiger partial charge in [0.2, 0.25) is 0 Å². The van der Waals surface area contributed by atoms with Crippen molar-refractivity contribution in [2.24, 2.45) is 0 Å². The highest BCUT2D eigenvalue weighted by Crippen LogP contribution is 2.25. The summed E-state index contributed by atoms with van der Waals surface area (Å²) in [6, 6.07) is 7.96. The van der Waals surface area contributed by atoms with Crippen molar-refractivity contribution in [3.63, 3.8) is 0 Å². The molecular weight excluding hydrogens is 358 g/mol. The van der Waals surface area contributed by atoms with E-state index in [1.165, 1.54) is 24.8 Å². The highest BCUT2D eigenvalue weighted by atomic mass is 32.1. The average molecular weight is 386 g/mol. The van der Waals surface area contributed by atoms with Crippen LogP contribution < -0.4 is 10.6 Å². The summed E-state index contributed by atoms with van der Waals surface area (Å²) in [4.78, 5) is 27.0. The van der Waals surface area contributed by atoms with Gasteiger partial charge in [0.25, 0.3) is 0 Å². The lowest BCUT2D eigenvalue weighted by molar-refractivity contribution is -0.136. The van der Waals surface area contributed by atoms with Gasteiger partial charge >= 0.3 is 11.8 Å². The number of nitrogens with one attached hydrogen (secondary N) is 2. The van der Waals surface area contributed by atoms with Gasteiger partial charge < -0.3 is 10.6 Å². The molecule has 1 saturated heterocycles. The number of anilines is 1. The minimum absolute atomic E-state index is 0.120. The van der Waals surface area contributed by atoms with Crippen molar-refractivity contribution < 1.29 is 9.59 Å². The Kier molecular flexibility index (Phi) is 6.63. The maximum absolute atomic E-state index is 12.3. The molecule has 0 radical (unpaired) electrons. The van der Waals surface area contributed by atoms with Crippen LogP contribution in [0.25, 0.3) is 0 Å². The Morgan fingerprint density at radius 3 is 2.56 bits per heavy atom. The summed E-state index contributed by atoms with van der Waals surface area (Å²) in [5.74, 6) is -1.21. The molecule has 0 bridgehead atoms. The first-order valence-electron chi connectivity index (χ1n) is 9.47. The number of thiophene rings is 1. The van der Waals surface area contributed by atoms with E-state index >= 15 is 0 Å². The molecule has 3 rings (SSSR count). The van der Waals surface area contributed by atoms with E-state index in [2.05, 4.69) is 32.4 Å². The maximum atomic E-state index is 12.3. The normalized spacial score (nSPS) is 15.9. The van der Waals surface area contributed by atoms with Gasteiger partial charge in [0.1, 0.15) is 0 Å². The van der Waals surface area contributed by atoms with E-state index in [0.29, 0.717) is 12.2 Å². The van der Waals surface area contributed by atoms with Crippen LogP contribution in [-0.4, -0.2) is 36.3 Å². The Bertz CT molecular complexity index is 783. The minimum Gasteiger partial charge on any atom is -0.346 e. The molecule has 1 aromatic carbocycles. The number of nitrogens with zero attached hydrogens (tertiary/aromatic N) is 1. The van der Waals surface area contributed by atoms with Crippen LogP contribution in [0.5, 0.6) is 0 Å². The molecule has 0 aliphatic carbocycles. The Morgan fingerprint density at radius 2 is 1.89 bits per heavy atom. The smallest absolute Gasteiger partial charge is 0.313 e. The quantitative estimate of drug-likeness (QED) is 0.773. The number of carbonyl (C=O) groups is 2. The number of hydrogen-bond acceptors (Lipinski definition) is 4. The molecule has 1 aromatic heterocycles. The number of amides is 2. The van der Waals surface area contributed by atoms with Gasteiger partial charge in [0.05, 0.1) is 6.04 Å². The zero-order valence-corrected chi connectivity index (χ0v) is 16.8. The molecule has 2 aromatic rings. The summed E-state index contributed by atoms with van der Waals surface area (Å²) in [6.45, 7) is 6.42. The molecule has 2 N–H and O–H groups in total. The third-order valence-corrected chi connectivity index (χ3v) is 5.75. The number of hydrogen-bond donors (Lipinski definition) is 2. The van der Waals surface area contributed by atoms with Crippen LogP contribution in [0.15, 0.2) is 35.0 Å². The fourth-order valence-corrected chi connectivity index (χ4v) is 4.26. The second-order valence-corrected chi connectivity index (χ2v) is 7.93. The van der Waals surface area contributed by atoms with Crippen LogP contribution in [-0.2, 0) is 9.59 Å². The molecule has 1 aliphatic rings. The molecule has 1 aliphatic heterocycles. The summed E-state index contributed by atoms with van der Waals surface area (Å²) < 4.78 is 0. The minimum atomic E-state index is -0.621. The summed E-state index contributed by atoms with van der Waals surface area (Å²) in [6.07, 6.45) is 3.63. The number of likely N-dealkylation sites (tertiary alicyclic amines) is 1. The van der Waals surface area contributed by atoms with Crippen LogP contribution in [0.1, 0.15) is 42.0 Å². The average Bonchev–Trinajstić information content (AvgIpc) is 3.19. The van der Waals surface area contributed by atoms with E-state index in [1.807, 2.05) is 32.0 Å². The maximum Gasteiger partial charge on any atom is 0.313 e. The van der Waals surface area contributed by atoms with Gasteiger partial charge in [-0.25, -0.2) is 0 Å². The molecular formula is C21H27N3O2S. The van der Waals surface area contributed by atoms with Gasteiger partial charge in [-0.05, 0) is 73.8 Å². The molecule has 1 fully saturated rings. The predicted octanol–water partition coefficient (Wildman–Crippen LogP) is 3.65. The highest BCUT2D eigenvalue weighted by molar-refractivity contribution is 7.08. The fraction of sp³-hybridized carbons (Fsp3) is 0.429. The number of benzene rings is 1. The third-order valence-electron chi connectivity index (χ3n) is 5.05. The standard InChI is InChI=1S/C21H27N3O2S/c1-15-6-7-18(16(2)12-15)23-21(26)20(25)22-13-19(17-8-11-27-14-17)24-9-4-3-5-10-24/h6-8,11-12,14,19H,3-5,9-10,13H2,1-2H3,(H,22,25)(H,23,26). The molecule has 2 amide bonds. The highest BCUT2D eigenvalue weighted by Gasteiger charge is 2.24. The lowest BCUT2D eigenvalue weighted by Gasteiger charge is -2.34. The van der Waals surface area contributed by atoms with Crippen molar-refractivity contribution >= 4 is 28.8 Å². The van der Waals surface area contributed by atoms with Gasteiger partial charge in [-0.15, -0.1) is 0 Å². The largest absolute Gasteiger partial charge is 0.346 e. The van der Waals surface area contributed by atoms with Crippen molar-refractivity contribution in [1.29, 1.82) is 0 Å². The van der Waals surface area contributed by atoms with E-state index < -0.39 is 11.8 Å². The molecule has 6 heteroatoms. The number of carbonyl (C=O) groups excluding carboxylic acids is 2. The van der Waals surface area contributed by atoms with Crippen molar-refractivity contribution in [3.05, 3.63) is 51.7 Å². The lowest BCUT2D eigenvalue weighted by atomic mass is 10.0. The van der Waals surface area contributed by atoms with E-state index in [0.717, 1.165) is 24.2 Å². The van der Waals surface area contributed by atoms with E-state index in [-0.39, 0.29) is 6.04 Å². The molecule has 144 valence electrons. The van der Waals surface area contributed by atoms with E-state index in [4.69, 9.17) is 0 Å². The fourth-order valence-electron chi connectivity index (χ4n) is 3.55. The molecule has 1 atom stereocenters. The third kappa shape index (κ3) is 5.17. The van der Waals surface area contributed by atoms with Crippen molar-refractivity contribution in [2.45, 2.75) is 39.2 Å². The molecule has 27 heavy (non-hydrogen) atoms. The number of aryl methyl sites for hydroxylation is 2. The second kappa shape index (κ2) is 9.15. The van der Waals surface area contributed by atoms with Gasteiger partial charge in [-0.1, -0.05) is 24.1 Å². The summed E-state index contributed by atoms with van der Waals surface area (Å²) in [7, 11) is 0. The summed E-state index contributed by atoms with van der Waals surface area (Å²) in [5, 5.41) is 9.73. The molecule has 2 heterocycles. The van der Waals surface area contributed by atoms with Gasteiger partial charge in [0, 0.05) is 12.2 Å². The SMILES string of the molecule is Cc1ccc(NC(=O)C(=O)NCC(c2ccsc2)N2CCCCC2)c(C)c1. The van der Waals surface area contributed by atoms with Crippen LogP contribution in [0.3, 0.4) is 0 Å².